The molecule has 1 fully saturated rings. The molecule has 0 saturated carbocycles. The van der Waals surface area contributed by atoms with E-state index in [1.54, 1.807) is 13.0 Å². The summed E-state index contributed by atoms with van der Waals surface area (Å²) in [6.45, 7) is 4.08. The van der Waals surface area contributed by atoms with Gasteiger partial charge in [0, 0.05) is 0 Å². The van der Waals surface area contributed by atoms with Crippen LogP contribution in [0.1, 0.15) is 28.4 Å². The average Bonchev–Trinajstić information content (AvgIpc) is 3.54. The van der Waals surface area contributed by atoms with Crippen LogP contribution >= 0.6 is 0 Å². The summed E-state index contributed by atoms with van der Waals surface area (Å²) in [5, 5.41) is 1.61. The van der Waals surface area contributed by atoms with E-state index < -0.39 is 23.6 Å². The van der Waals surface area contributed by atoms with Gasteiger partial charge < -0.3 is 18.9 Å². The van der Waals surface area contributed by atoms with Crippen LogP contribution in [0, 0.1) is 6.92 Å². The van der Waals surface area contributed by atoms with Gasteiger partial charge in [0.05, 0.1) is 19.3 Å². The maximum Gasteiger partial charge on any atom is 0.350 e. The lowest BCUT2D eigenvalue weighted by Gasteiger charge is -2.21. The van der Waals surface area contributed by atoms with E-state index in [1.165, 1.54) is 7.11 Å². The van der Waals surface area contributed by atoms with Crippen molar-refractivity contribution in [3.63, 3.8) is 0 Å². The van der Waals surface area contributed by atoms with Crippen LogP contribution in [-0.4, -0.2) is 37.4 Å². The van der Waals surface area contributed by atoms with Crippen LogP contribution in [0.5, 0.6) is 5.75 Å². The summed E-state index contributed by atoms with van der Waals surface area (Å²) < 4.78 is 21.9. The smallest absolute Gasteiger partial charge is 0.350 e. The van der Waals surface area contributed by atoms with Crippen LogP contribution in [0.3, 0.4) is 0 Å². The second-order valence-corrected chi connectivity index (χ2v) is 7.82. The second-order valence-electron chi connectivity index (χ2n) is 7.82. The van der Waals surface area contributed by atoms with Crippen molar-refractivity contribution in [2.75, 3.05) is 13.7 Å². The Morgan fingerprint density at radius 3 is 2.48 bits per heavy atom. The minimum Gasteiger partial charge on any atom is -0.497 e. The van der Waals surface area contributed by atoms with Gasteiger partial charge in [0.15, 0.2) is 0 Å². The van der Waals surface area contributed by atoms with Gasteiger partial charge in [0.1, 0.15) is 18.0 Å². The third kappa shape index (κ3) is 4.39. The van der Waals surface area contributed by atoms with Gasteiger partial charge in [0.2, 0.25) is 6.10 Å². The van der Waals surface area contributed by atoms with Gasteiger partial charge in [-0.25, -0.2) is 9.59 Å². The molecule has 160 valence electrons. The zero-order valence-corrected chi connectivity index (χ0v) is 17.7. The number of carbonyl (C=O) groups is 2. The number of aryl methyl sites for hydroxylation is 1. The van der Waals surface area contributed by atoms with Crippen LogP contribution < -0.4 is 4.74 Å². The number of epoxide rings is 1. The molecule has 0 unspecified atom stereocenters. The third-order valence-electron chi connectivity index (χ3n) is 5.46. The van der Waals surface area contributed by atoms with Crippen LogP contribution in [0.15, 0.2) is 60.7 Å². The highest BCUT2D eigenvalue weighted by atomic mass is 16.7. The molecule has 3 aromatic carbocycles. The lowest BCUT2D eigenvalue weighted by atomic mass is 10.00. The Morgan fingerprint density at radius 2 is 1.81 bits per heavy atom. The van der Waals surface area contributed by atoms with E-state index in [0.29, 0.717) is 17.9 Å². The van der Waals surface area contributed by atoms with Crippen LogP contribution in [0.25, 0.3) is 10.8 Å². The van der Waals surface area contributed by atoms with Crippen molar-refractivity contribution in [1.29, 1.82) is 0 Å². The Labute approximate surface area is 180 Å². The maximum atomic E-state index is 13.2. The monoisotopic (exact) mass is 420 g/mol. The van der Waals surface area contributed by atoms with Crippen molar-refractivity contribution in [1.82, 2.24) is 0 Å². The lowest BCUT2D eigenvalue weighted by molar-refractivity contribution is -0.158. The largest absolute Gasteiger partial charge is 0.497 e. The molecule has 1 saturated heterocycles. The average molecular weight is 420 g/mol. The Morgan fingerprint density at radius 1 is 1.06 bits per heavy atom. The number of rotatable bonds is 7. The SMILES string of the molecule is COc1cc(C(=O)O[C@H](C(=O)OCc2ccccc2)[C@]2(C)CO2)c2cccc(C)c2c1. The predicted molar refractivity (Wildman–Crippen MR) is 115 cm³/mol. The summed E-state index contributed by atoms with van der Waals surface area (Å²) in [7, 11) is 1.54. The number of esters is 2. The Kier molecular flexibility index (Phi) is 5.65. The molecule has 0 radical (unpaired) electrons. The summed E-state index contributed by atoms with van der Waals surface area (Å²) in [6.07, 6.45) is -1.17. The molecule has 0 aromatic heterocycles. The van der Waals surface area contributed by atoms with Gasteiger partial charge in [-0.3, -0.25) is 0 Å². The highest BCUT2D eigenvalue weighted by Gasteiger charge is 2.54. The molecule has 1 heterocycles. The first-order valence-corrected chi connectivity index (χ1v) is 10.0. The molecule has 31 heavy (non-hydrogen) atoms. The number of ether oxygens (including phenoxy) is 4. The van der Waals surface area contributed by atoms with E-state index in [2.05, 4.69) is 0 Å². The van der Waals surface area contributed by atoms with Crippen molar-refractivity contribution in [3.05, 3.63) is 77.4 Å². The molecule has 0 spiro atoms. The van der Waals surface area contributed by atoms with E-state index in [-0.39, 0.29) is 6.61 Å². The summed E-state index contributed by atoms with van der Waals surface area (Å²) in [5.41, 5.74) is 1.27. The van der Waals surface area contributed by atoms with Crippen molar-refractivity contribution in [2.24, 2.45) is 0 Å². The molecule has 2 atom stereocenters. The molecule has 3 aromatic rings. The standard InChI is InChI=1S/C25H24O6/c1-16-8-7-11-19-20(16)12-18(28-3)13-21(19)23(26)31-22(25(2)15-30-25)24(27)29-14-17-9-5-4-6-10-17/h4-13,22H,14-15H2,1-3H3/t22-,25+/m1/s1. The van der Waals surface area contributed by atoms with Crippen LogP contribution in [0.4, 0.5) is 0 Å². The predicted octanol–water partition coefficient (Wildman–Crippen LogP) is 4.21. The third-order valence-corrected chi connectivity index (χ3v) is 5.46. The summed E-state index contributed by atoms with van der Waals surface area (Å²) in [4.78, 5) is 26.0. The van der Waals surface area contributed by atoms with E-state index in [1.807, 2.05) is 61.5 Å². The highest BCUT2D eigenvalue weighted by molar-refractivity contribution is 6.06. The topological polar surface area (TPSA) is 74.4 Å². The summed E-state index contributed by atoms with van der Waals surface area (Å²) in [6, 6.07) is 18.5. The Bertz CT molecular complexity index is 1120. The van der Waals surface area contributed by atoms with Crippen LogP contribution in [-0.2, 0) is 25.6 Å². The van der Waals surface area contributed by atoms with Crippen molar-refractivity contribution in [2.45, 2.75) is 32.2 Å². The number of hydrogen-bond donors (Lipinski definition) is 0. The normalized spacial score (nSPS) is 18.3. The molecular formula is C25H24O6. The van der Waals surface area contributed by atoms with E-state index in [9.17, 15) is 9.59 Å². The van der Waals surface area contributed by atoms with Crippen molar-refractivity contribution in [3.8, 4) is 5.75 Å². The fourth-order valence-corrected chi connectivity index (χ4v) is 3.46. The van der Waals surface area contributed by atoms with Gasteiger partial charge in [-0.1, -0.05) is 48.5 Å². The Balaban J connectivity index is 1.59. The van der Waals surface area contributed by atoms with Gasteiger partial charge in [-0.15, -0.1) is 0 Å². The molecular weight excluding hydrogens is 396 g/mol. The molecule has 1 aliphatic rings. The molecule has 1 aliphatic heterocycles. The second kappa shape index (κ2) is 8.40. The fraction of sp³-hybridized carbons (Fsp3) is 0.280. The van der Waals surface area contributed by atoms with E-state index >= 15 is 0 Å². The maximum absolute atomic E-state index is 13.2. The number of carbonyl (C=O) groups excluding carboxylic acids is 2. The van der Waals surface area contributed by atoms with Gasteiger partial charge in [-0.05, 0) is 47.9 Å². The lowest BCUT2D eigenvalue weighted by Crippen LogP contribution is -2.40. The van der Waals surface area contributed by atoms with Gasteiger partial charge >= 0.3 is 11.9 Å². The Hall–Kier alpha value is -3.38. The van der Waals surface area contributed by atoms with Gasteiger partial charge in [-0.2, -0.15) is 0 Å². The van der Waals surface area contributed by atoms with Crippen molar-refractivity contribution >= 4 is 22.7 Å². The number of fused-ring (bicyclic) bond motifs is 1. The van der Waals surface area contributed by atoms with Gasteiger partial charge in [0.25, 0.3) is 0 Å². The summed E-state index contributed by atoms with van der Waals surface area (Å²) >= 11 is 0. The molecule has 6 nitrogen and oxygen atoms in total. The fourth-order valence-electron chi connectivity index (χ4n) is 3.46. The van der Waals surface area contributed by atoms with E-state index in [0.717, 1.165) is 21.9 Å². The zero-order chi connectivity index (χ0) is 22.0. The zero-order valence-electron chi connectivity index (χ0n) is 17.7. The molecule has 0 N–H and O–H groups in total. The molecule has 6 heteroatoms. The first kappa shape index (κ1) is 20.9. The molecule has 0 amide bonds. The quantitative estimate of drug-likeness (QED) is 0.421. The summed E-state index contributed by atoms with van der Waals surface area (Å²) in [5.74, 6) is -0.737. The first-order chi connectivity index (χ1) is 14.9. The molecule has 4 rings (SSSR count). The number of hydrogen-bond acceptors (Lipinski definition) is 6. The number of benzene rings is 3. The van der Waals surface area contributed by atoms with Crippen LogP contribution in [0.2, 0.25) is 0 Å². The van der Waals surface area contributed by atoms with Crippen molar-refractivity contribution < 1.29 is 28.5 Å². The first-order valence-electron chi connectivity index (χ1n) is 10.0. The number of methoxy groups -OCH3 is 1. The minimum absolute atomic E-state index is 0.0884. The molecule has 0 aliphatic carbocycles. The molecule has 0 bridgehead atoms. The van der Waals surface area contributed by atoms with E-state index in [4.69, 9.17) is 18.9 Å². The minimum atomic E-state index is -1.17. The highest BCUT2D eigenvalue weighted by Crippen LogP contribution is 2.35.